The van der Waals surface area contributed by atoms with Crippen LogP contribution in [-0.2, 0) is 9.53 Å². The molecule has 6 nitrogen and oxygen atoms in total. The first-order valence-corrected chi connectivity index (χ1v) is 7.62. The van der Waals surface area contributed by atoms with E-state index in [1.807, 2.05) is 19.9 Å². The lowest BCUT2D eigenvalue weighted by atomic mass is 10.2. The molecule has 6 heteroatoms. The zero-order valence-electron chi connectivity index (χ0n) is 13.0. The highest BCUT2D eigenvalue weighted by Gasteiger charge is 2.11. The predicted molar refractivity (Wildman–Crippen MR) is 81.5 cm³/mol. The Kier molecular flexibility index (Phi) is 8.48. The molecule has 1 amide bonds. The van der Waals surface area contributed by atoms with Crippen LogP contribution in [0.1, 0.15) is 26.7 Å². The van der Waals surface area contributed by atoms with Crippen molar-refractivity contribution in [3.63, 3.8) is 0 Å². The fourth-order valence-electron chi connectivity index (χ4n) is 1.96. The summed E-state index contributed by atoms with van der Waals surface area (Å²) in [5, 5.41) is 14.8. The molecule has 0 spiro atoms. The van der Waals surface area contributed by atoms with E-state index < -0.39 is 0 Å². The lowest BCUT2D eigenvalue weighted by Crippen LogP contribution is -2.37. The molecule has 1 unspecified atom stereocenters. The highest BCUT2D eigenvalue weighted by Crippen LogP contribution is 1.98. The molecule has 2 N–H and O–H groups in total. The normalized spacial score (nSPS) is 17.9. The van der Waals surface area contributed by atoms with Crippen molar-refractivity contribution in [1.29, 1.82) is 5.26 Å². The second-order valence-corrected chi connectivity index (χ2v) is 5.21. The van der Waals surface area contributed by atoms with E-state index in [0.717, 1.165) is 52.2 Å². The lowest BCUT2D eigenvalue weighted by Gasteiger charge is -2.26. The second kappa shape index (κ2) is 10.2. The summed E-state index contributed by atoms with van der Waals surface area (Å²) in [6, 6.07) is 2.01. The molecule has 1 aliphatic rings. The molecule has 1 heterocycles. The van der Waals surface area contributed by atoms with Gasteiger partial charge in [0.2, 0.25) is 0 Å². The van der Waals surface area contributed by atoms with Crippen LogP contribution in [0.3, 0.4) is 0 Å². The largest absolute Gasteiger partial charge is 0.390 e. The summed E-state index contributed by atoms with van der Waals surface area (Å²) < 4.78 is 5.29. The maximum Gasteiger partial charge on any atom is 0.263 e. The van der Waals surface area contributed by atoms with Crippen LogP contribution >= 0.6 is 0 Å². The third kappa shape index (κ3) is 7.11. The topological polar surface area (TPSA) is 77.4 Å². The average Bonchev–Trinajstić information content (AvgIpc) is 2.51. The number of nitrogens with one attached hydrogen (secondary N) is 2. The van der Waals surface area contributed by atoms with Gasteiger partial charge in [0.25, 0.3) is 5.91 Å². The van der Waals surface area contributed by atoms with Crippen molar-refractivity contribution in [2.45, 2.75) is 32.7 Å². The van der Waals surface area contributed by atoms with Gasteiger partial charge in [-0.15, -0.1) is 0 Å². The molecule has 1 aliphatic heterocycles. The smallest absolute Gasteiger partial charge is 0.263 e. The molecule has 21 heavy (non-hydrogen) atoms. The maximum atomic E-state index is 11.8. The summed E-state index contributed by atoms with van der Waals surface area (Å²) in [4.78, 5) is 14.1. The van der Waals surface area contributed by atoms with Gasteiger partial charge in [0, 0.05) is 31.9 Å². The fourth-order valence-corrected chi connectivity index (χ4v) is 1.96. The van der Waals surface area contributed by atoms with E-state index in [9.17, 15) is 4.79 Å². The van der Waals surface area contributed by atoms with Crippen LogP contribution in [0.5, 0.6) is 0 Å². The summed E-state index contributed by atoms with van der Waals surface area (Å²) in [5.74, 6) is -0.312. The third-order valence-corrected chi connectivity index (χ3v) is 3.50. The first kappa shape index (κ1) is 17.5. The van der Waals surface area contributed by atoms with Crippen molar-refractivity contribution in [3.05, 3.63) is 11.8 Å². The number of hydrogen-bond donors (Lipinski definition) is 2. The van der Waals surface area contributed by atoms with Crippen molar-refractivity contribution in [2.75, 3.05) is 39.4 Å². The number of ether oxygens (including phenoxy) is 1. The van der Waals surface area contributed by atoms with Crippen molar-refractivity contribution < 1.29 is 9.53 Å². The molecule has 0 bridgehead atoms. The van der Waals surface area contributed by atoms with Crippen LogP contribution in [-0.4, -0.2) is 56.2 Å². The molecular weight excluding hydrogens is 268 g/mol. The molecule has 0 aromatic rings. The van der Waals surface area contributed by atoms with Crippen molar-refractivity contribution >= 4 is 5.91 Å². The van der Waals surface area contributed by atoms with E-state index in [0.29, 0.717) is 0 Å². The molecule has 1 fully saturated rings. The number of carbonyl (C=O) groups is 1. The number of morpholine rings is 1. The monoisotopic (exact) mass is 294 g/mol. The SMILES string of the molecule is CCC(C)NC(=O)/C(C#N)=C\NCCCN1CCOCC1. The standard InChI is InChI=1S/C15H26N4O2/c1-3-13(2)18-15(20)14(11-16)12-17-5-4-6-19-7-9-21-10-8-19/h12-13,17H,3-10H2,1-2H3,(H,18,20)/b14-12-. The molecule has 1 rings (SSSR count). The van der Waals surface area contributed by atoms with E-state index in [1.54, 1.807) is 0 Å². The van der Waals surface area contributed by atoms with Gasteiger partial charge < -0.3 is 15.4 Å². The highest BCUT2D eigenvalue weighted by atomic mass is 16.5. The number of amides is 1. The Morgan fingerprint density at radius 3 is 2.81 bits per heavy atom. The van der Waals surface area contributed by atoms with Crippen LogP contribution < -0.4 is 10.6 Å². The number of hydrogen-bond acceptors (Lipinski definition) is 5. The van der Waals surface area contributed by atoms with Crippen LogP contribution in [0.15, 0.2) is 11.8 Å². The number of nitrogens with zero attached hydrogens (tertiary/aromatic N) is 2. The van der Waals surface area contributed by atoms with E-state index >= 15 is 0 Å². The van der Waals surface area contributed by atoms with E-state index in [1.165, 1.54) is 6.20 Å². The molecule has 0 aromatic carbocycles. The van der Waals surface area contributed by atoms with Gasteiger partial charge in [-0.3, -0.25) is 9.69 Å². The van der Waals surface area contributed by atoms with Gasteiger partial charge in [-0.2, -0.15) is 5.26 Å². The van der Waals surface area contributed by atoms with Crippen LogP contribution in [0.2, 0.25) is 0 Å². The number of nitriles is 1. The van der Waals surface area contributed by atoms with Gasteiger partial charge in [0.15, 0.2) is 0 Å². The van der Waals surface area contributed by atoms with E-state index in [-0.39, 0.29) is 17.5 Å². The molecule has 0 saturated carbocycles. The molecule has 0 aliphatic carbocycles. The Morgan fingerprint density at radius 1 is 1.48 bits per heavy atom. The minimum absolute atomic E-state index is 0.0792. The van der Waals surface area contributed by atoms with Crippen molar-refractivity contribution in [1.82, 2.24) is 15.5 Å². The lowest BCUT2D eigenvalue weighted by molar-refractivity contribution is -0.117. The van der Waals surface area contributed by atoms with Crippen LogP contribution in [0.25, 0.3) is 0 Å². The summed E-state index contributed by atoms with van der Waals surface area (Å²) >= 11 is 0. The molecule has 0 aromatic heterocycles. The first-order valence-electron chi connectivity index (χ1n) is 7.62. The van der Waals surface area contributed by atoms with Crippen molar-refractivity contribution in [2.24, 2.45) is 0 Å². The Morgan fingerprint density at radius 2 is 2.19 bits per heavy atom. The Hall–Kier alpha value is -1.58. The predicted octanol–water partition coefficient (Wildman–Crippen LogP) is 0.620. The number of carbonyl (C=O) groups excluding carboxylic acids is 1. The zero-order chi connectivity index (χ0) is 15.5. The minimum atomic E-state index is -0.312. The second-order valence-electron chi connectivity index (χ2n) is 5.21. The minimum Gasteiger partial charge on any atom is -0.390 e. The average molecular weight is 294 g/mol. The Labute approximate surface area is 127 Å². The summed E-state index contributed by atoms with van der Waals surface area (Å²) in [7, 11) is 0. The molecule has 0 radical (unpaired) electrons. The Bertz CT molecular complexity index is 384. The third-order valence-electron chi connectivity index (χ3n) is 3.50. The molecule has 1 saturated heterocycles. The summed E-state index contributed by atoms with van der Waals surface area (Å²) in [5.41, 5.74) is 0.127. The van der Waals surface area contributed by atoms with Gasteiger partial charge in [0.1, 0.15) is 11.6 Å². The summed E-state index contributed by atoms with van der Waals surface area (Å²) in [6.45, 7) is 9.24. The van der Waals surface area contributed by atoms with Crippen LogP contribution in [0, 0.1) is 11.3 Å². The summed E-state index contributed by atoms with van der Waals surface area (Å²) in [6.07, 6.45) is 3.33. The fraction of sp³-hybridized carbons (Fsp3) is 0.733. The van der Waals surface area contributed by atoms with Gasteiger partial charge in [-0.1, -0.05) is 6.92 Å². The van der Waals surface area contributed by atoms with Crippen molar-refractivity contribution in [3.8, 4) is 6.07 Å². The Balaban J connectivity index is 2.23. The first-order chi connectivity index (χ1) is 10.2. The van der Waals surface area contributed by atoms with E-state index in [2.05, 4.69) is 15.5 Å². The van der Waals surface area contributed by atoms with Crippen LogP contribution in [0.4, 0.5) is 0 Å². The molecule has 1 atom stereocenters. The quantitative estimate of drug-likeness (QED) is 0.390. The molecular formula is C15H26N4O2. The van der Waals surface area contributed by atoms with Gasteiger partial charge >= 0.3 is 0 Å². The highest BCUT2D eigenvalue weighted by molar-refractivity contribution is 5.97. The van der Waals surface area contributed by atoms with Gasteiger partial charge in [-0.05, 0) is 26.3 Å². The van der Waals surface area contributed by atoms with Gasteiger partial charge in [0.05, 0.1) is 13.2 Å². The van der Waals surface area contributed by atoms with E-state index in [4.69, 9.17) is 10.00 Å². The van der Waals surface area contributed by atoms with Gasteiger partial charge in [-0.25, -0.2) is 0 Å². The maximum absolute atomic E-state index is 11.8. The number of rotatable bonds is 8. The zero-order valence-corrected chi connectivity index (χ0v) is 13.0. The molecule has 118 valence electrons.